The first-order valence-corrected chi connectivity index (χ1v) is 8.14. The molecule has 0 aliphatic carbocycles. The molecule has 0 saturated carbocycles. The van der Waals surface area contributed by atoms with Crippen LogP contribution in [0.4, 0.5) is 8.78 Å². The summed E-state index contributed by atoms with van der Waals surface area (Å²) in [6.45, 7) is 0.377. The lowest BCUT2D eigenvalue weighted by atomic mass is 10.1. The van der Waals surface area contributed by atoms with Gasteiger partial charge in [0.1, 0.15) is 17.9 Å². The summed E-state index contributed by atoms with van der Waals surface area (Å²) in [6, 6.07) is 22.0. The first kappa shape index (κ1) is 16.3. The average Bonchev–Trinajstić information content (AvgIpc) is 3.13. The molecule has 0 aliphatic heterocycles. The molecule has 3 aromatic carbocycles. The minimum Gasteiger partial charge on any atom is -0.489 e. The summed E-state index contributed by atoms with van der Waals surface area (Å²) in [4.78, 5) is 3.91. The highest BCUT2D eigenvalue weighted by molar-refractivity contribution is 5.72. The molecule has 26 heavy (non-hydrogen) atoms. The van der Waals surface area contributed by atoms with Gasteiger partial charge in [-0.15, -0.1) is 0 Å². The van der Waals surface area contributed by atoms with Crippen LogP contribution in [0.1, 0.15) is 17.0 Å². The summed E-state index contributed by atoms with van der Waals surface area (Å²) in [5, 5.41) is 0. The Balaban J connectivity index is 1.53. The number of halogens is 2. The van der Waals surface area contributed by atoms with Gasteiger partial charge in [0.05, 0.1) is 0 Å². The predicted molar refractivity (Wildman–Crippen MR) is 94.2 cm³/mol. The Kier molecular flexibility index (Phi) is 4.13. The lowest BCUT2D eigenvalue weighted by Gasteiger charge is -2.13. The average molecular weight is 351 g/mol. The number of aromatic nitrogens is 1. The highest BCUT2D eigenvalue weighted by atomic mass is 19.3. The number of oxazole rings is 1. The van der Waals surface area contributed by atoms with Gasteiger partial charge in [-0.3, -0.25) is 0 Å². The van der Waals surface area contributed by atoms with Crippen molar-refractivity contribution in [3.63, 3.8) is 0 Å². The molecule has 4 aromatic rings. The van der Waals surface area contributed by atoms with E-state index in [1.165, 1.54) is 24.3 Å². The molecule has 0 N–H and O–H groups in total. The maximum Gasteiger partial charge on any atom is 0.347 e. The molecular formula is C21H15F2NO2. The minimum atomic E-state index is -3.32. The quantitative estimate of drug-likeness (QED) is 0.473. The van der Waals surface area contributed by atoms with Gasteiger partial charge in [0.25, 0.3) is 5.89 Å². The van der Waals surface area contributed by atoms with E-state index in [1.54, 1.807) is 24.3 Å². The van der Waals surface area contributed by atoms with Gasteiger partial charge in [-0.2, -0.15) is 8.78 Å². The Morgan fingerprint density at radius 1 is 0.846 bits per heavy atom. The summed E-state index contributed by atoms with van der Waals surface area (Å²) in [7, 11) is 0. The van der Waals surface area contributed by atoms with Crippen LogP contribution in [0.2, 0.25) is 0 Å². The molecule has 5 heteroatoms. The highest BCUT2D eigenvalue weighted by Gasteiger charge is 2.39. The SMILES string of the molecule is FC(F)(c1ccc(OCc2ccccc2)cc1)c1nc2ccccc2o1. The highest BCUT2D eigenvalue weighted by Crippen LogP contribution is 2.37. The topological polar surface area (TPSA) is 35.3 Å². The van der Waals surface area contributed by atoms with Crippen LogP contribution >= 0.6 is 0 Å². The molecule has 0 saturated heterocycles. The number of hydrogen-bond donors (Lipinski definition) is 0. The molecule has 1 aromatic heterocycles. The van der Waals surface area contributed by atoms with Crippen LogP contribution in [0, 0.1) is 0 Å². The maximum atomic E-state index is 14.7. The number of fused-ring (bicyclic) bond motifs is 1. The van der Waals surface area contributed by atoms with Crippen molar-refractivity contribution in [3.05, 3.63) is 95.9 Å². The van der Waals surface area contributed by atoms with E-state index in [1.807, 2.05) is 30.3 Å². The maximum absolute atomic E-state index is 14.7. The van der Waals surface area contributed by atoms with Crippen molar-refractivity contribution in [2.45, 2.75) is 12.5 Å². The van der Waals surface area contributed by atoms with E-state index in [4.69, 9.17) is 9.15 Å². The van der Waals surface area contributed by atoms with Crippen LogP contribution in [-0.2, 0) is 12.5 Å². The molecule has 0 spiro atoms. The van der Waals surface area contributed by atoms with Crippen LogP contribution in [0.5, 0.6) is 5.75 Å². The third kappa shape index (κ3) is 3.16. The number of rotatable bonds is 5. The second-order valence-electron chi connectivity index (χ2n) is 5.86. The van der Waals surface area contributed by atoms with E-state index >= 15 is 0 Å². The Labute approximate surface area is 148 Å². The fraction of sp³-hybridized carbons (Fsp3) is 0.0952. The largest absolute Gasteiger partial charge is 0.489 e. The van der Waals surface area contributed by atoms with Crippen LogP contribution in [-0.4, -0.2) is 4.98 Å². The van der Waals surface area contributed by atoms with Crippen molar-refractivity contribution in [3.8, 4) is 5.75 Å². The number of para-hydroxylation sites is 2. The normalized spacial score (nSPS) is 11.6. The summed E-state index contributed by atoms with van der Waals surface area (Å²) in [5.74, 6) is -3.42. The number of nitrogens with zero attached hydrogens (tertiary/aromatic N) is 1. The molecule has 0 atom stereocenters. The molecule has 0 unspecified atom stereocenters. The Morgan fingerprint density at radius 3 is 2.27 bits per heavy atom. The molecule has 0 amide bonds. The van der Waals surface area contributed by atoms with E-state index < -0.39 is 11.8 Å². The van der Waals surface area contributed by atoms with Gasteiger partial charge in [0.15, 0.2) is 5.58 Å². The molecule has 4 rings (SSSR count). The lowest BCUT2D eigenvalue weighted by molar-refractivity contribution is 0.0147. The van der Waals surface area contributed by atoms with Crippen molar-refractivity contribution in [1.29, 1.82) is 0 Å². The zero-order valence-electron chi connectivity index (χ0n) is 13.7. The molecular weight excluding hydrogens is 336 g/mol. The first-order valence-electron chi connectivity index (χ1n) is 8.14. The van der Waals surface area contributed by atoms with E-state index in [9.17, 15) is 8.78 Å². The molecule has 0 fully saturated rings. The zero-order valence-corrected chi connectivity index (χ0v) is 13.7. The number of benzene rings is 3. The molecule has 0 bridgehead atoms. The number of alkyl halides is 2. The fourth-order valence-electron chi connectivity index (χ4n) is 2.63. The summed E-state index contributed by atoms with van der Waals surface area (Å²) in [6.07, 6.45) is 0. The van der Waals surface area contributed by atoms with Crippen LogP contribution in [0.3, 0.4) is 0 Å². The van der Waals surface area contributed by atoms with E-state index in [0.29, 0.717) is 23.5 Å². The Hall–Kier alpha value is -3.21. The standard InChI is InChI=1S/C21H15F2NO2/c22-21(23,20-24-18-8-4-5-9-19(18)26-20)16-10-12-17(13-11-16)25-14-15-6-2-1-3-7-15/h1-13H,14H2. The minimum absolute atomic E-state index is 0.198. The lowest BCUT2D eigenvalue weighted by Crippen LogP contribution is -2.15. The van der Waals surface area contributed by atoms with Crippen molar-refractivity contribution in [2.24, 2.45) is 0 Å². The van der Waals surface area contributed by atoms with E-state index in [2.05, 4.69) is 4.98 Å². The van der Waals surface area contributed by atoms with Crippen LogP contribution < -0.4 is 4.74 Å². The van der Waals surface area contributed by atoms with Crippen molar-refractivity contribution < 1.29 is 17.9 Å². The summed E-state index contributed by atoms with van der Waals surface area (Å²) >= 11 is 0. The number of ether oxygens (including phenoxy) is 1. The molecule has 3 nitrogen and oxygen atoms in total. The second-order valence-corrected chi connectivity index (χ2v) is 5.86. The summed E-state index contributed by atoms with van der Waals surface area (Å²) in [5.41, 5.74) is 1.56. The monoisotopic (exact) mass is 351 g/mol. The predicted octanol–water partition coefficient (Wildman–Crippen LogP) is 5.55. The van der Waals surface area contributed by atoms with Gasteiger partial charge < -0.3 is 9.15 Å². The van der Waals surface area contributed by atoms with Crippen molar-refractivity contribution in [2.75, 3.05) is 0 Å². The third-order valence-electron chi connectivity index (χ3n) is 4.03. The number of hydrogen-bond acceptors (Lipinski definition) is 3. The van der Waals surface area contributed by atoms with Crippen LogP contribution in [0.15, 0.2) is 83.3 Å². The van der Waals surface area contributed by atoms with Gasteiger partial charge >= 0.3 is 5.92 Å². The fourth-order valence-corrected chi connectivity index (χ4v) is 2.63. The van der Waals surface area contributed by atoms with Gasteiger partial charge in [-0.25, -0.2) is 4.98 Å². The molecule has 130 valence electrons. The second kappa shape index (κ2) is 6.59. The zero-order chi connectivity index (χ0) is 18.0. The Morgan fingerprint density at radius 2 is 1.54 bits per heavy atom. The van der Waals surface area contributed by atoms with Gasteiger partial charge in [0.2, 0.25) is 0 Å². The summed E-state index contributed by atoms with van der Waals surface area (Å²) < 4.78 is 40.3. The van der Waals surface area contributed by atoms with Gasteiger partial charge in [-0.05, 0) is 42.0 Å². The molecule has 0 radical (unpaired) electrons. The Bertz CT molecular complexity index is 978. The third-order valence-corrected chi connectivity index (χ3v) is 4.03. The first-order chi connectivity index (χ1) is 12.6. The van der Waals surface area contributed by atoms with Gasteiger partial charge in [-0.1, -0.05) is 42.5 Å². The molecule has 0 aliphatic rings. The van der Waals surface area contributed by atoms with Crippen LogP contribution in [0.25, 0.3) is 11.1 Å². The van der Waals surface area contributed by atoms with Gasteiger partial charge in [0, 0.05) is 5.56 Å². The molecule has 1 heterocycles. The van der Waals surface area contributed by atoms with E-state index in [0.717, 1.165) is 5.56 Å². The van der Waals surface area contributed by atoms with E-state index in [-0.39, 0.29) is 5.56 Å². The van der Waals surface area contributed by atoms with Crippen molar-refractivity contribution in [1.82, 2.24) is 4.98 Å². The van der Waals surface area contributed by atoms with Crippen molar-refractivity contribution >= 4 is 11.1 Å². The smallest absolute Gasteiger partial charge is 0.347 e.